The molecule has 5 nitrogen and oxygen atoms in total. The standard InChI is InChI=1S/C10H12BrN5/c1-6(7-3-14-15-4-7)16-10-9(12)2-8(11)5-13-10/h2-6H,12H2,1H3,(H,13,16)(H,14,15). The number of pyridine rings is 1. The van der Waals surface area contributed by atoms with E-state index in [1.807, 2.05) is 19.2 Å². The van der Waals surface area contributed by atoms with Crippen molar-refractivity contribution in [2.24, 2.45) is 0 Å². The van der Waals surface area contributed by atoms with E-state index in [9.17, 15) is 0 Å². The lowest BCUT2D eigenvalue weighted by Gasteiger charge is -2.14. The van der Waals surface area contributed by atoms with Crippen molar-refractivity contribution in [1.29, 1.82) is 0 Å². The minimum Gasteiger partial charge on any atom is -0.396 e. The minimum absolute atomic E-state index is 0.106. The van der Waals surface area contributed by atoms with Crippen LogP contribution in [0.25, 0.3) is 0 Å². The zero-order chi connectivity index (χ0) is 11.5. The average molecular weight is 282 g/mol. The van der Waals surface area contributed by atoms with Gasteiger partial charge in [0.2, 0.25) is 0 Å². The van der Waals surface area contributed by atoms with E-state index in [1.54, 1.807) is 12.4 Å². The maximum absolute atomic E-state index is 5.84. The second kappa shape index (κ2) is 4.52. The van der Waals surface area contributed by atoms with Crippen LogP contribution in [0.4, 0.5) is 11.5 Å². The van der Waals surface area contributed by atoms with Gasteiger partial charge in [0.25, 0.3) is 0 Å². The van der Waals surface area contributed by atoms with Gasteiger partial charge >= 0.3 is 0 Å². The van der Waals surface area contributed by atoms with Crippen molar-refractivity contribution in [3.63, 3.8) is 0 Å². The van der Waals surface area contributed by atoms with Crippen LogP contribution in [0.1, 0.15) is 18.5 Å². The van der Waals surface area contributed by atoms with E-state index in [4.69, 9.17) is 5.73 Å². The molecule has 1 unspecified atom stereocenters. The topological polar surface area (TPSA) is 79.6 Å². The molecule has 2 rings (SSSR count). The second-order valence-electron chi connectivity index (χ2n) is 3.49. The number of nitrogens with two attached hydrogens (primary N) is 1. The number of H-pyrrole nitrogens is 1. The third-order valence-electron chi connectivity index (χ3n) is 2.26. The number of hydrogen-bond donors (Lipinski definition) is 3. The summed E-state index contributed by atoms with van der Waals surface area (Å²) in [6, 6.07) is 1.92. The molecule has 0 spiro atoms. The number of nitrogens with zero attached hydrogens (tertiary/aromatic N) is 2. The number of rotatable bonds is 3. The summed E-state index contributed by atoms with van der Waals surface area (Å²) < 4.78 is 0.867. The average Bonchev–Trinajstić information content (AvgIpc) is 2.75. The van der Waals surface area contributed by atoms with E-state index in [1.165, 1.54) is 0 Å². The van der Waals surface area contributed by atoms with Crippen LogP contribution in [-0.2, 0) is 0 Å². The fourth-order valence-electron chi connectivity index (χ4n) is 1.36. The van der Waals surface area contributed by atoms with Crippen LogP contribution in [0.3, 0.4) is 0 Å². The summed E-state index contributed by atoms with van der Waals surface area (Å²) in [5.41, 5.74) is 7.52. The molecule has 6 heteroatoms. The number of anilines is 2. The molecule has 0 aliphatic rings. The molecular weight excluding hydrogens is 270 g/mol. The molecule has 0 saturated carbocycles. The normalized spacial score (nSPS) is 12.4. The van der Waals surface area contributed by atoms with Crippen molar-refractivity contribution in [3.05, 3.63) is 34.7 Å². The van der Waals surface area contributed by atoms with Gasteiger partial charge in [0.05, 0.1) is 17.9 Å². The first-order chi connectivity index (χ1) is 7.66. The summed E-state index contributed by atoms with van der Waals surface area (Å²) in [5.74, 6) is 0.678. The molecule has 0 bridgehead atoms. The molecule has 2 heterocycles. The fraction of sp³-hybridized carbons (Fsp3) is 0.200. The Morgan fingerprint density at radius 3 is 2.94 bits per heavy atom. The first-order valence-electron chi connectivity index (χ1n) is 4.83. The Bertz CT molecular complexity index is 468. The fourth-order valence-corrected chi connectivity index (χ4v) is 1.71. The highest BCUT2D eigenvalue weighted by Gasteiger charge is 2.09. The quantitative estimate of drug-likeness (QED) is 0.807. The van der Waals surface area contributed by atoms with Crippen molar-refractivity contribution in [2.45, 2.75) is 13.0 Å². The van der Waals surface area contributed by atoms with Gasteiger partial charge in [0.15, 0.2) is 0 Å². The van der Waals surface area contributed by atoms with Crippen LogP contribution < -0.4 is 11.1 Å². The third kappa shape index (κ3) is 2.33. The molecule has 0 amide bonds. The monoisotopic (exact) mass is 281 g/mol. The number of nitrogens with one attached hydrogen (secondary N) is 2. The first kappa shape index (κ1) is 10.9. The van der Waals surface area contributed by atoms with Crippen molar-refractivity contribution < 1.29 is 0 Å². The molecule has 0 radical (unpaired) electrons. The number of hydrogen-bond acceptors (Lipinski definition) is 4. The van der Waals surface area contributed by atoms with Gasteiger partial charge in [0.1, 0.15) is 5.82 Å². The molecule has 2 aromatic rings. The van der Waals surface area contributed by atoms with Crippen LogP contribution in [0.15, 0.2) is 29.1 Å². The number of halogens is 1. The smallest absolute Gasteiger partial charge is 0.149 e. The van der Waals surface area contributed by atoms with Crippen molar-refractivity contribution >= 4 is 27.4 Å². The number of nitrogen functional groups attached to an aromatic ring is 1. The molecule has 0 aliphatic carbocycles. The highest BCUT2D eigenvalue weighted by atomic mass is 79.9. The third-order valence-corrected chi connectivity index (χ3v) is 2.69. The Balaban J connectivity index is 2.15. The van der Waals surface area contributed by atoms with Gasteiger partial charge in [-0.15, -0.1) is 0 Å². The van der Waals surface area contributed by atoms with Gasteiger partial charge in [-0.3, -0.25) is 5.10 Å². The molecule has 16 heavy (non-hydrogen) atoms. The Hall–Kier alpha value is -1.56. The van der Waals surface area contributed by atoms with Gasteiger partial charge in [0, 0.05) is 22.4 Å². The molecule has 4 N–H and O–H groups in total. The van der Waals surface area contributed by atoms with Crippen molar-refractivity contribution in [3.8, 4) is 0 Å². The lowest BCUT2D eigenvalue weighted by Crippen LogP contribution is -2.09. The SMILES string of the molecule is CC(Nc1ncc(Br)cc1N)c1cn[nH]c1. The summed E-state index contributed by atoms with van der Waals surface area (Å²) in [7, 11) is 0. The van der Waals surface area contributed by atoms with Gasteiger partial charge < -0.3 is 11.1 Å². The summed E-state index contributed by atoms with van der Waals surface area (Å²) >= 11 is 3.32. The summed E-state index contributed by atoms with van der Waals surface area (Å²) in [6.07, 6.45) is 5.32. The summed E-state index contributed by atoms with van der Waals surface area (Å²) in [5, 5.41) is 9.89. The van der Waals surface area contributed by atoms with Gasteiger partial charge in [-0.2, -0.15) is 5.10 Å². The molecule has 0 fully saturated rings. The first-order valence-corrected chi connectivity index (χ1v) is 5.62. The Labute approximate surface area is 102 Å². The highest BCUT2D eigenvalue weighted by Crippen LogP contribution is 2.23. The van der Waals surface area contributed by atoms with E-state index >= 15 is 0 Å². The highest BCUT2D eigenvalue weighted by molar-refractivity contribution is 9.10. The minimum atomic E-state index is 0.106. The van der Waals surface area contributed by atoms with E-state index in [-0.39, 0.29) is 6.04 Å². The van der Waals surface area contributed by atoms with Crippen LogP contribution in [0, 0.1) is 0 Å². The Morgan fingerprint density at radius 2 is 2.31 bits per heavy atom. The van der Waals surface area contributed by atoms with Gasteiger partial charge in [-0.1, -0.05) is 0 Å². The zero-order valence-electron chi connectivity index (χ0n) is 8.74. The predicted molar refractivity (Wildman–Crippen MR) is 67.0 cm³/mol. The van der Waals surface area contributed by atoms with E-state index in [0.717, 1.165) is 10.0 Å². The van der Waals surface area contributed by atoms with Crippen LogP contribution >= 0.6 is 15.9 Å². The van der Waals surface area contributed by atoms with Crippen LogP contribution in [0.5, 0.6) is 0 Å². The van der Waals surface area contributed by atoms with Gasteiger partial charge in [-0.25, -0.2) is 4.98 Å². The van der Waals surface area contributed by atoms with E-state index in [2.05, 4.69) is 36.4 Å². The Kier molecular flexibility index (Phi) is 3.09. The molecule has 0 aliphatic heterocycles. The lowest BCUT2D eigenvalue weighted by atomic mass is 10.2. The number of aromatic nitrogens is 3. The van der Waals surface area contributed by atoms with Crippen molar-refractivity contribution in [2.75, 3.05) is 11.1 Å². The zero-order valence-corrected chi connectivity index (χ0v) is 10.3. The largest absolute Gasteiger partial charge is 0.396 e. The van der Waals surface area contributed by atoms with Crippen LogP contribution in [0.2, 0.25) is 0 Å². The van der Waals surface area contributed by atoms with Gasteiger partial charge in [-0.05, 0) is 28.9 Å². The second-order valence-corrected chi connectivity index (χ2v) is 4.40. The Morgan fingerprint density at radius 1 is 1.50 bits per heavy atom. The van der Waals surface area contributed by atoms with E-state index in [0.29, 0.717) is 11.5 Å². The summed E-state index contributed by atoms with van der Waals surface area (Å²) in [6.45, 7) is 2.02. The lowest BCUT2D eigenvalue weighted by molar-refractivity contribution is 0.876. The molecular formula is C10H12BrN5. The molecule has 84 valence electrons. The van der Waals surface area contributed by atoms with Crippen molar-refractivity contribution in [1.82, 2.24) is 15.2 Å². The maximum Gasteiger partial charge on any atom is 0.149 e. The molecule has 1 atom stereocenters. The summed E-state index contributed by atoms with van der Waals surface area (Å²) in [4.78, 5) is 4.21. The van der Waals surface area contributed by atoms with E-state index < -0.39 is 0 Å². The van der Waals surface area contributed by atoms with Crippen LogP contribution in [-0.4, -0.2) is 15.2 Å². The molecule has 0 saturated heterocycles. The molecule has 2 aromatic heterocycles. The maximum atomic E-state index is 5.84. The molecule has 0 aromatic carbocycles. The number of aromatic amines is 1. The predicted octanol–water partition coefficient (Wildman–Crippen LogP) is 2.32.